The van der Waals surface area contributed by atoms with Crippen molar-refractivity contribution in [2.75, 3.05) is 20.3 Å². The van der Waals surface area contributed by atoms with Gasteiger partial charge >= 0.3 is 12.1 Å². The van der Waals surface area contributed by atoms with Gasteiger partial charge in [-0.2, -0.15) is 0 Å². The second kappa shape index (κ2) is 11.2. The molecule has 0 aliphatic carbocycles. The van der Waals surface area contributed by atoms with Crippen molar-refractivity contribution in [2.45, 2.75) is 13.0 Å². The van der Waals surface area contributed by atoms with Crippen molar-refractivity contribution in [3.05, 3.63) is 39.4 Å². The second-order valence-electron chi connectivity index (χ2n) is 4.06. The number of benzene rings is 1. The van der Waals surface area contributed by atoms with Crippen LogP contribution in [0.3, 0.4) is 0 Å². The van der Waals surface area contributed by atoms with E-state index in [1.165, 1.54) is 12.1 Å². The molecule has 0 bridgehead atoms. The molecular weight excluding hydrogens is 338 g/mol. The van der Waals surface area contributed by atoms with Crippen LogP contribution in [-0.2, 0) is 20.8 Å². The van der Waals surface area contributed by atoms with Crippen molar-refractivity contribution in [1.82, 2.24) is 0 Å². The molecule has 1 aromatic carbocycles. The minimum absolute atomic E-state index is 0. The summed E-state index contributed by atoms with van der Waals surface area (Å²) in [6.45, 7) is -0.526. The van der Waals surface area contributed by atoms with Crippen molar-refractivity contribution < 1.29 is 71.6 Å². The fourth-order valence-electron chi connectivity index (χ4n) is 1.50. The van der Waals surface area contributed by atoms with Gasteiger partial charge in [0.15, 0.2) is 0 Å². The van der Waals surface area contributed by atoms with Gasteiger partial charge < -0.3 is 19.3 Å². The smallest absolute Gasteiger partial charge is 0.465 e. The van der Waals surface area contributed by atoms with E-state index in [2.05, 4.69) is 9.47 Å². The van der Waals surface area contributed by atoms with Gasteiger partial charge in [-0.05, 0) is 12.1 Å². The van der Waals surface area contributed by atoms with Crippen LogP contribution < -0.4 is 0 Å². The van der Waals surface area contributed by atoms with Crippen LogP contribution in [0.25, 0.3) is 0 Å². The molecule has 0 saturated carbocycles. The largest absolute Gasteiger partial charge is 0.508 e. The van der Waals surface area contributed by atoms with Crippen LogP contribution in [0.5, 0.6) is 0 Å². The molecular formula is C13H15ArNO8. The zero-order valence-corrected chi connectivity index (χ0v) is 12.9. The Hall–Kier alpha value is -1.42. The van der Waals surface area contributed by atoms with Gasteiger partial charge in [-0.25, -0.2) is 9.59 Å². The first-order valence-corrected chi connectivity index (χ1v) is 6.25. The molecule has 0 aliphatic heterocycles. The van der Waals surface area contributed by atoms with Crippen molar-refractivity contribution in [3.63, 3.8) is 0 Å². The summed E-state index contributed by atoms with van der Waals surface area (Å²) in [4.78, 5) is 32.9. The monoisotopic (exact) mass is 353 g/mol. The van der Waals surface area contributed by atoms with E-state index in [1.54, 1.807) is 0 Å². The Kier molecular flexibility index (Phi) is 10.5. The molecule has 0 aliphatic rings. The second-order valence-corrected chi connectivity index (χ2v) is 4.06. The van der Waals surface area contributed by atoms with Crippen LogP contribution in [0, 0.1) is 47.9 Å². The topological polar surface area (TPSA) is 125 Å². The first kappa shape index (κ1) is 21.6. The van der Waals surface area contributed by atoms with Crippen LogP contribution in [0.1, 0.15) is 22.3 Å². The molecule has 0 aromatic heterocycles. The summed E-state index contributed by atoms with van der Waals surface area (Å²) in [7, 11) is 1.16. The minimum atomic E-state index is -1.00. The number of aliphatic hydroxyl groups is 1. The summed E-state index contributed by atoms with van der Waals surface area (Å²) < 4.78 is 13.8. The number of aliphatic hydroxyl groups excluding tert-OH is 1. The van der Waals surface area contributed by atoms with Gasteiger partial charge in [0.2, 0.25) is 0 Å². The Bertz CT molecular complexity index is 563. The number of carbonyl (C=O) groups excluding carboxylic acids is 2. The van der Waals surface area contributed by atoms with Crippen LogP contribution >= 0.6 is 0 Å². The normalized spacial score (nSPS) is 9.48. The maximum Gasteiger partial charge on any atom is 0.508 e. The summed E-state index contributed by atoms with van der Waals surface area (Å²) in [5.74, 6) is -0.709. The third-order valence-electron chi connectivity index (χ3n) is 2.57. The molecule has 0 unspecified atom stereocenters. The van der Waals surface area contributed by atoms with E-state index in [0.29, 0.717) is 0 Å². The quantitative estimate of drug-likeness (QED) is 0.338. The SMILES string of the molecule is COC(=O)c1ccc(COC(=O)OCCCO)c([N+](=O)[O-])c1.[Ar]. The van der Waals surface area contributed by atoms with Crippen LogP contribution in [0.4, 0.5) is 10.5 Å². The number of ether oxygens (including phenoxy) is 3. The Balaban J connectivity index is 0.00000484. The summed E-state index contributed by atoms with van der Waals surface area (Å²) in [5.41, 5.74) is -0.244. The van der Waals surface area contributed by atoms with Gasteiger partial charge in [0.25, 0.3) is 5.69 Å². The fourth-order valence-corrected chi connectivity index (χ4v) is 1.50. The number of methoxy groups -OCH3 is 1. The van der Waals surface area contributed by atoms with E-state index in [4.69, 9.17) is 9.84 Å². The molecule has 0 saturated heterocycles. The zero-order valence-electron chi connectivity index (χ0n) is 12.2. The van der Waals surface area contributed by atoms with Gasteiger partial charge in [0.05, 0.1) is 29.8 Å². The van der Waals surface area contributed by atoms with Gasteiger partial charge in [0.1, 0.15) is 6.61 Å². The Morgan fingerprint density at radius 3 is 2.57 bits per heavy atom. The molecule has 23 heavy (non-hydrogen) atoms. The zero-order chi connectivity index (χ0) is 16.5. The molecule has 0 amide bonds. The molecule has 0 atom stereocenters. The van der Waals surface area contributed by atoms with Gasteiger partial charge in [0, 0.05) is 56.8 Å². The molecule has 1 aromatic rings. The summed E-state index contributed by atoms with van der Waals surface area (Å²) in [6, 6.07) is 3.67. The van der Waals surface area contributed by atoms with E-state index in [-0.39, 0.29) is 80.8 Å². The maximum absolute atomic E-state index is 11.3. The predicted octanol–water partition coefficient (Wildman–Crippen LogP) is 1.42. The summed E-state index contributed by atoms with van der Waals surface area (Å²) in [6.07, 6.45) is -0.733. The number of nitrogens with zero attached hydrogens (tertiary/aromatic N) is 1. The Labute approximate surface area is 161 Å². The average Bonchev–Trinajstić information content (AvgIpc) is 2.52. The third-order valence-corrected chi connectivity index (χ3v) is 2.57. The number of nitro benzene ring substituents is 1. The average molecular weight is 353 g/mol. The van der Waals surface area contributed by atoms with Crippen molar-refractivity contribution in [3.8, 4) is 0 Å². The van der Waals surface area contributed by atoms with E-state index >= 15 is 0 Å². The number of esters is 1. The predicted molar refractivity (Wildman–Crippen MR) is 72.3 cm³/mol. The van der Waals surface area contributed by atoms with Crippen LogP contribution in [-0.4, -0.2) is 42.5 Å². The molecule has 9 nitrogen and oxygen atoms in total. The minimum Gasteiger partial charge on any atom is -0.465 e. The van der Waals surface area contributed by atoms with Crippen LogP contribution in [0.2, 0.25) is 0 Å². The molecule has 128 valence electrons. The van der Waals surface area contributed by atoms with Crippen LogP contribution in [0.15, 0.2) is 18.2 Å². The molecule has 1 rings (SSSR count). The molecule has 10 heteroatoms. The third kappa shape index (κ3) is 7.12. The summed E-state index contributed by atoms with van der Waals surface area (Å²) >= 11 is 0. The number of hydrogen-bond donors (Lipinski definition) is 1. The molecule has 0 radical (unpaired) electrons. The van der Waals surface area contributed by atoms with Crippen molar-refractivity contribution >= 4 is 17.8 Å². The molecule has 0 spiro atoms. The number of rotatable bonds is 7. The first-order valence-electron chi connectivity index (χ1n) is 6.25. The van der Waals surface area contributed by atoms with E-state index in [1.807, 2.05) is 0 Å². The van der Waals surface area contributed by atoms with Crippen molar-refractivity contribution in [2.24, 2.45) is 0 Å². The van der Waals surface area contributed by atoms with E-state index in [0.717, 1.165) is 13.2 Å². The summed E-state index contributed by atoms with van der Waals surface area (Å²) in [5, 5.41) is 19.5. The van der Waals surface area contributed by atoms with Gasteiger partial charge in [-0.3, -0.25) is 10.1 Å². The van der Waals surface area contributed by atoms with Gasteiger partial charge in [-0.15, -0.1) is 0 Å². The first-order chi connectivity index (χ1) is 10.5. The molecule has 0 fully saturated rings. The number of hydrogen-bond acceptors (Lipinski definition) is 8. The Morgan fingerprint density at radius 1 is 1.30 bits per heavy atom. The molecule has 1 N–H and O–H groups in total. The maximum atomic E-state index is 11.3. The standard InChI is InChI=1S/C13H15NO8.Ar/c1-20-12(16)9-3-4-10(11(7-9)14(18)19)8-22-13(17)21-6-2-5-15;/h3-4,7,15H,2,5-6,8H2,1H3;. The Morgan fingerprint density at radius 2 is 2.00 bits per heavy atom. The van der Waals surface area contributed by atoms with E-state index < -0.39 is 17.0 Å². The fraction of sp³-hybridized carbons (Fsp3) is 0.385. The number of nitro groups is 1. The van der Waals surface area contributed by atoms with Gasteiger partial charge in [-0.1, -0.05) is 0 Å². The number of carbonyl (C=O) groups is 2. The molecule has 0 heterocycles. The van der Waals surface area contributed by atoms with E-state index in [9.17, 15) is 19.7 Å². The van der Waals surface area contributed by atoms with Crippen molar-refractivity contribution in [1.29, 1.82) is 0 Å².